The van der Waals surface area contributed by atoms with E-state index in [-0.39, 0.29) is 18.2 Å². The highest BCUT2D eigenvalue weighted by molar-refractivity contribution is 9.10. The van der Waals surface area contributed by atoms with E-state index in [1.165, 1.54) is 0 Å². The molecule has 4 nitrogen and oxygen atoms in total. The average Bonchev–Trinajstić information content (AvgIpc) is 2.55. The van der Waals surface area contributed by atoms with Crippen LogP contribution < -0.4 is 5.32 Å². The first-order chi connectivity index (χ1) is 11.1. The average molecular weight is 373 g/mol. The van der Waals surface area contributed by atoms with Gasteiger partial charge in [-0.15, -0.1) is 0 Å². The third-order valence-electron chi connectivity index (χ3n) is 4.04. The lowest BCUT2D eigenvalue weighted by Gasteiger charge is -2.28. The zero-order valence-electron chi connectivity index (χ0n) is 12.8. The summed E-state index contributed by atoms with van der Waals surface area (Å²) in [6, 6.07) is 15.3. The molecule has 1 unspecified atom stereocenters. The maximum absolute atomic E-state index is 12.9. The molecular weight excluding hydrogens is 356 g/mol. The van der Waals surface area contributed by atoms with E-state index in [0.29, 0.717) is 6.54 Å². The van der Waals surface area contributed by atoms with Crippen molar-refractivity contribution in [3.8, 4) is 0 Å². The number of nitrogens with zero attached hydrogens (tertiary/aromatic N) is 1. The van der Waals surface area contributed by atoms with Crippen molar-refractivity contribution in [3.63, 3.8) is 0 Å². The molecule has 23 heavy (non-hydrogen) atoms. The van der Waals surface area contributed by atoms with E-state index >= 15 is 0 Å². The van der Waals surface area contributed by atoms with Gasteiger partial charge in [0.15, 0.2) is 0 Å². The number of carbonyl (C=O) groups excluding carboxylic acids is 2. The summed E-state index contributed by atoms with van der Waals surface area (Å²) in [7, 11) is 1.77. The van der Waals surface area contributed by atoms with E-state index in [1.807, 2.05) is 48.5 Å². The van der Waals surface area contributed by atoms with E-state index < -0.39 is 5.92 Å². The number of para-hydroxylation sites is 1. The van der Waals surface area contributed by atoms with Crippen LogP contribution in [-0.2, 0) is 16.1 Å². The van der Waals surface area contributed by atoms with Gasteiger partial charge in [-0.3, -0.25) is 9.59 Å². The maximum atomic E-state index is 12.9. The highest BCUT2D eigenvalue weighted by Gasteiger charge is 2.32. The van der Waals surface area contributed by atoms with Crippen molar-refractivity contribution in [2.24, 2.45) is 0 Å². The molecule has 1 aliphatic heterocycles. The summed E-state index contributed by atoms with van der Waals surface area (Å²) in [5, 5.41) is 2.83. The molecule has 2 aromatic rings. The molecule has 0 saturated carbocycles. The number of hydrogen-bond donors (Lipinski definition) is 1. The van der Waals surface area contributed by atoms with Gasteiger partial charge >= 0.3 is 0 Å². The number of nitrogens with one attached hydrogen (secondary N) is 1. The minimum absolute atomic E-state index is 0.0388. The molecule has 1 N–H and O–H groups in total. The largest absolute Gasteiger partial charge is 0.341 e. The van der Waals surface area contributed by atoms with E-state index in [9.17, 15) is 9.59 Å². The minimum atomic E-state index is -0.424. The van der Waals surface area contributed by atoms with Gasteiger partial charge in [-0.05, 0) is 23.3 Å². The Morgan fingerprint density at radius 3 is 2.70 bits per heavy atom. The molecule has 0 saturated heterocycles. The van der Waals surface area contributed by atoms with Gasteiger partial charge in [0, 0.05) is 30.2 Å². The van der Waals surface area contributed by atoms with Crippen LogP contribution >= 0.6 is 15.9 Å². The van der Waals surface area contributed by atoms with E-state index in [1.54, 1.807) is 11.9 Å². The predicted octanol–water partition coefficient (Wildman–Crippen LogP) is 3.53. The fourth-order valence-electron chi connectivity index (χ4n) is 2.86. The van der Waals surface area contributed by atoms with Crippen LogP contribution in [-0.4, -0.2) is 23.8 Å². The van der Waals surface area contributed by atoms with Crippen molar-refractivity contribution in [1.82, 2.24) is 4.90 Å². The van der Waals surface area contributed by atoms with Crippen LogP contribution in [0.3, 0.4) is 0 Å². The normalized spacial score (nSPS) is 16.4. The predicted molar refractivity (Wildman–Crippen MR) is 93.0 cm³/mol. The van der Waals surface area contributed by atoms with Gasteiger partial charge in [0.05, 0.1) is 5.92 Å². The van der Waals surface area contributed by atoms with Crippen LogP contribution in [0.5, 0.6) is 0 Å². The lowest BCUT2D eigenvalue weighted by Crippen LogP contribution is -2.36. The first-order valence-corrected chi connectivity index (χ1v) is 8.22. The van der Waals surface area contributed by atoms with Gasteiger partial charge in [-0.1, -0.05) is 52.3 Å². The Morgan fingerprint density at radius 2 is 1.91 bits per heavy atom. The van der Waals surface area contributed by atoms with Crippen molar-refractivity contribution in [2.45, 2.75) is 18.9 Å². The molecule has 2 aromatic carbocycles. The molecule has 0 bridgehead atoms. The molecular formula is C18H17BrN2O2. The number of halogens is 1. The maximum Gasteiger partial charge on any atom is 0.230 e. The monoisotopic (exact) mass is 372 g/mol. The molecule has 2 amide bonds. The second kappa shape index (κ2) is 6.54. The van der Waals surface area contributed by atoms with Crippen LogP contribution in [0.25, 0.3) is 0 Å². The van der Waals surface area contributed by atoms with Crippen molar-refractivity contribution < 1.29 is 9.59 Å². The Labute approximate surface area is 143 Å². The van der Waals surface area contributed by atoms with Gasteiger partial charge in [0.2, 0.25) is 11.8 Å². The Hall–Kier alpha value is -2.14. The zero-order chi connectivity index (χ0) is 16.4. The SMILES string of the molecule is CN(Cc1ccccc1Br)C(=O)C1CC(=O)Nc2ccccc21. The quantitative estimate of drug-likeness (QED) is 0.895. The minimum Gasteiger partial charge on any atom is -0.341 e. The summed E-state index contributed by atoms with van der Waals surface area (Å²) >= 11 is 3.50. The Balaban J connectivity index is 1.83. The molecule has 118 valence electrons. The van der Waals surface area contributed by atoms with Gasteiger partial charge in [-0.25, -0.2) is 0 Å². The fourth-order valence-corrected chi connectivity index (χ4v) is 3.27. The summed E-state index contributed by atoms with van der Waals surface area (Å²) in [5.74, 6) is -0.577. The fraction of sp³-hybridized carbons (Fsp3) is 0.222. The van der Waals surface area contributed by atoms with E-state index in [0.717, 1.165) is 21.3 Å². The molecule has 1 atom stereocenters. The third kappa shape index (κ3) is 3.29. The molecule has 1 aliphatic rings. The third-order valence-corrected chi connectivity index (χ3v) is 4.81. The van der Waals surface area contributed by atoms with E-state index in [4.69, 9.17) is 0 Å². The first kappa shape index (κ1) is 15.7. The second-order valence-corrected chi connectivity index (χ2v) is 6.53. The number of likely N-dealkylation sites (N-methyl/N-ethyl adjacent to an activating group) is 1. The van der Waals surface area contributed by atoms with Crippen molar-refractivity contribution in [1.29, 1.82) is 0 Å². The lowest BCUT2D eigenvalue weighted by molar-refractivity contribution is -0.134. The number of anilines is 1. The molecule has 0 spiro atoms. The number of rotatable bonds is 3. The summed E-state index contributed by atoms with van der Waals surface area (Å²) in [5.41, 5.74) is 2.66. The summed E-state index contributed by atoms with van der Waals surface area (Å²) < 4.78 is 0.974. The first-order valence-electron chi connectivity index (χ1n) is 7.43. The molecule has 0 aliphatic carbocycles. The molecule has 0 fully saturated rings. The van der Waals surface area contributed by atoms with Gasteiger partial charge in [0.25, 0.3) is 0 Å². The summed E-state index contributed by atoms with van der Waals surface area (Å²) in [6.07, 6.45) is 0.191. The topological polar surface area (TPSA) is 49.4 Å². The highest BCUT2D eigenvalue weighted by Crippen LogP contribution is 2.33. The second-order valence-electron chi connectivity index (χ2n) is 5.68. The van der Waals surface area contributed by atoms with Crippen molar-refractivity contribution >= 4 is 33.4 Å². The number of amides is 2. The zero-order valence-corrected chi connectivity index (χ0v) is 14.3. The Kier molecular flexibility index (Phi) is 4.48. The smallest absolute Gasteiger partial charge is 0.230 e. The lowest BCUT2D eigenvalue weighted by atomic mass is 9.89. The number of carbonyl (C=O) groups is 2. The van der Waals surface area contributed by atoms with Crippen molar-refractivity contribution in [2.75, 3.05) is 12.4 Å². The summed E-state index contributed by atoms with van der Waals surface area (Å²) in [4.78, 5) is 26.4. The highest BCUT2D eigenvalue weighted by atomic mass is 79.9. The van der Waals surface area contributed by atoms with Gasteiger partial charge in [0.1, 0.15) is 0 Å². The molecule has 0 aromatic heterocycles. The van der Waals surface area contributed by atoms with Crippen LogP contribution in [0.1, 0.15) is 23.5 Å². The molecule has 1 heterocycles. The summed E-state index contributed by atoms with van der Waals surface area (Å²) in [6.45, 7) is 0.501. The molecule has 0 radical (unpaired) electrons. The van der Waals surface area contributed by atoms with Crippen LogP contribution in [0, 0.1) is 0 Å². The van der Waals surface area contributed by atoms with Crippen LogP contribution in [0.4, 0.5) is 5.69 Å². The molecule has 3 rings (SSSR count). The van der Waals surface area contributed by atoms with Gasteiger partial charge < -0.3 is 10.2 Å². The number of benzene rings is 2. The van der Waals surface area contributed by atoms with Crippen LogP contribution in [0.15, 0.2) is 53.0 Å². The van der Waals surface area contributed by atoms with E-state index in [2.05, 4.69) is 21.2 Å². The number of hydrogen-bond acceptors (Lipinski definition) is 2. The Bertz CT molecular complexity index is 760. The standard InChI is InChI=1S/C18H17BrN2O2/c1-21(11-12-6-2-4-8-15(12)19)18(23)14-10-17(22)20-16-9-5-3-7-13(14)16/h2-9,14H,10-11H2,1H3,(H,20,22). The van der Waals surface area contributed by atoms with Gasteiger partial charge in [-0.2, -0.15) is 0 Å². The van der Waals surface area contributed by atoms with Crippen LogP contribution in [0.2, 0.25) is 0 Å². The molecule has 5 heteroatoms. The van der Waals surface area contributed by atoms with Crippen molar-refractivity contribution in [3.05, 3.63) is 64.1 Å². The number of fused-ring (bicyclic) bond motifs is 1. The Morgan fingerprint density at radius 1 is 1.22 bits per heavy atom.